The lowest BCUT2D eigenvalue weighted by Gasteiger charge is -2.20. The minimum absolute atomic E-state index is 0.190. The molecule has 5 nitrogen and oxygen atoms in total. The summed E-state index contributed by atoms with van der Waals surface area (Å²) < 4.78 is 5.62. The van der Waals surface area contributed by atoms with Gasteiger partial charge in [0.25, 0.3) is 0 Å². The average molecular weight is 328 g/mol. The Labute approximate surface area is 142 Å². The number of carbonyl (C=O) groups is 2. The number of piperidine rings is 1. The van der Waals surface area contributed by atoms with Gasteiger partial charge in [-0.05, 0) is 57.1 Å². The number of amides is 2. The molecule has 128 valence electrons. The highest BCUT2D eigenvalue weighted by Crippen LogP contribution is 2.33. The van der Waals surface area contributed by atoms with Crippen LogP contribution in [0.2, 0.25) is 0 Å². The Hall–Kier alpha value is -2.14. The summed E-state index contributed by atoms with van der Waals surface area (Å²) in [6.45, 7) is 4.28. The molecule has 0 spiro atoms. The van der Waals surface area contributed by atoms with Crippen molar-refractivity contribution in [2.75, 3.05) is 20.1 Å². The van der Waals surface area contributed by atoms with Crippen molar-refractivity contribution in [1.82, 2.24) is 10.2 Å². The Morgan fingerprint density at radius 2 is 2.17 bits per heavy atom. The second kappa shape index (κ2) is 7.18. The molecule has 0 saturated carbocycles. The van der Waals surface area contributed by atoms with Gasteiger partial charge in [-0.3, -0.25) is 14.9 Å². The minimum atomic E-state index is -0.301. The Kier molecular flexibility index (Phi) is 5.00. The molecule has 0 bridgehead atoms. The van der Waals surface area contributed by atoms with E-state index in [-0.39, 0.29) is 17.7 Å². The largest absolute Gasteiger partial charge is 0.464 e. The zero-order valence-corrected chi connectivity index (χ0v) is 14.3. The Bertz CT molecular complexity index is 750. The van der Waals surface area contributed by atoms with Gasteiger partial charge in [-0.1, -0.05) is 13.0 Å². The zero-order valence-electron chi connectivity index (χ0n) is 14.3. The number of rotatable bonds is 6. The lowest BCUT2D eigenvalue weighted by Crippen LogP contribution is -2.39. The molecule has 5 heteroatoms. The van der Waals surface area contributed by atoms with Crippen molar-refractivity contribution >= 4 is 22.8 Å². The van der Waals surface area contributed by atoms with Crippen LogP contribution in [0.25, 0.3) is 11.0 Å². The molecule has 1 saturated heterocycles. The smallest absolute Gasteiger partial charge is 0.234 e. The molecule has 24 heavy (non-hydrogen) atoms. The Balaban J connectivity index is 1.78. The number of nitrogens with zero attached hydrogens (tertiary/aromatic N) is 1. The van der Waals surface area contributed by atoms with Crippen LogP contribution in [0.1, 0.15) is 43.2 Å². The third-order valence-corrected chi connectivity index (χ3v) is 4.83. The molecule has 3 rings (SSSR count). The van der Waals surface area contributed by atoms with E-state index in [0.29, 0.717) is 12.8 Å². The SMILES string of the molecule is CCN(C)CCCc1ccc2occ(C3CCC(=O)NC3=O)c2c1. The van der Waals surface area contributed by atoms with Crippen LogP contribution in [0.5, 0.6) is 0 Å². The van der Waals surface area contributed by atoms with Gasteiger partial charge >= 0.3 is 0 Å². The summed E-state index contributed by atoms with van der Waals surface area (Å²) in [6, 6.07) is 6.19. The molecule has 1 fully saturated rings. The molecule has 1 atom stereocenters. The number of aryl methyl sites for hydroxylation is 1. The van der Waals surface area contributed by atoms with Crippen LogP contribution in [0.3, 0.4) is 0 Å². The van der Waals surface area contributed by atoms with Crippen molar-refractivity contribution in [3.05, 3.63) is 35.6 Å². The maximum Gasteiger partial charge on any atom is 0.234 e. The van der Waals surface area contributed by atoms with Gasteiger partial charge in [-0.15, -0.1) is 0 Å². The molecule has 0 aliphatic carbocycles. The predicted molar refractivity (Wildman–Crippen MR) is 92.8 cm³/mol. The van der Waals surface area contributed by atoms with E-state index in [1.807, 2.05) is 6.07 Å². The number of nitrogens with one attached hydrogen (secondary N) is 1. The summed E-state index contributed by atoms with van der Waals surface area (Å²) in [4.78, 5) is 25.8. The van der Waals surface area contributed by atoms with Gasteiger partial charge < -0.3 is 9.32 Å². The molecule has 1 aliphatic heterocycles. The summed E-state index contributed by atoms with van der Waals surface area (Å²) in [5.41, 5.74) is 2.94. The maximum absolute atomic E-state index is 12.1. The van der Waals surface area contributed by atoms with Crippen LogP contribution < -0.4 is 5.32 Å². The number of hydrogen-bond donors (Lipinski definition) is 1. The van der Waals surface area contributed by atoms with Crippen molar-refractivity contribution < 1.29 is 14.0 Å². The maximum atomic E-state index is 12.1. The van der Waals surface area contributed by atoms with E-state index in [1.54, 1.807) is 6.26 Å². The third-order valence-electron chi connectivity index (χ3n) is 4.83. The lowest BCUT2D eigenvalue weighted by atomic mass is 9.90. The standard InChI is InChI=1S/C19H24N2O3/c1-3-21(2)10-4-5-13-6-8-17-15(11-13)16(12-24-17)14-7-9-18(22)20-19(14)23/h6,8,11-12,14H,3-5,7,9-10H2,1-2H3,(H,20,22,23). The molecule has 0 radical (unpaired) electrons. The van der Waals surface area contributed by atoms with Crippen LogP contribution in [0.15, 0.2) is 28.9 Å². The first-order chi connectivity index (χ1) is 11.6. The number of benzene rings is 1. The monoisotopic (exact) mass is 328 g/mol. The van der Waals surface area contributed by atoms with E-state index in [4.69, 9.17) is 4.42 Å². The van der Waals surface area contributed by atoms with Crippen LogP contribution in [0.4, 0.5) is 0 Å². The normalized spacial score (nSPS) is 18.4. The van der Waals surface area contributed by atoms with Crippen molar-refractivity contribution in [1.29, 1.82) is 0 Å². The topological polar surface area (TPSA) is 62.6 Å². The molecule has 2 heterocycles. The van der Waals surface area contributed by atoms with E-state index in [0.717, 1.165) is 42.5 Å². The van der Waals surface area contributed by atoms with E-state index in [1.165, 1.54) is 5.56 Å². The van der Waals surface area contributed by atoms with Crippen molar-refractivity contribution in [3.8, 4) is 0 Å². The summed E-state index contributed by atoms with van der Waals surface area (Å²) in [5, 5.41) is 3.42. The van der Waals surface area contributed by atoms with Gasteiger partial charge in [0.15, 0.2) is 0 Å². The number of imide groups is 1. The van der Waals surface area contributed by atoms with Crippen LogP contribution in [-0.2, 0) is 16.0 Å². The fraction of sp³-hybridized carbons (Fsp3) is 0.474. The van der Waals surface area contributed by atoms with Gasteiger partial charge in [0, 0.05) is 17.4 Å². The molecule has 1 aliphatic rings. The molecule has 1 aromatic carbocycles. The fourth-order valence-electron chi connectivity index (χ4n) is 3.22. The number of fused-ring (bicyclic) bond motifs is 1. The van der Waals surface area contributed by atoms with Crippen LogP contribution >= 0.6 is 0 Å². The van der Waals surface area contributed by atoms with Gasteiger partial charge in [0.1, 0.15) is 5.58 Å². The second-order valence-corrected chi connectivity index (χ2v) is 6.52. The first-order valence-corrected chi connectivity index (χ1v) is 8.60. The van der Waals surface area contributed by atoms with Crippen molar-refractivity contribution in [2.45, 2.75) is 38.5 Å². The highest BCUT2D eigenvalue weighted by molar-refractivity contribution is 6.02. The number of carbonyl (C=O) groups excluding carboxylic acids is 2. The minimum Gasteiger partial charge on any atom is -0.464 e. The second-order valence-electron chi connectivity index (χ2n) is 6.52. The summed E-state index contributed by atoms with van der Waals surface area (Å²) in [5.74, 6) is -0.709. The van der Waals surface area contributed by atoms with Gasteiger partial charge in [-0.25, -0.2) is 0 Å². The summed E-state index contributed by atoms with van der Waals surface area (Å²) in [7, 11) is 2.13. The first kappa shape index (κ1) is 16.7. The molecule has 1 N–H and O–H groups in total. The van der Waals surface area contributed by atoms with Gasteiger partial charge in [0.2, 0.25) is 11.8 Å². The Morgan fingerprint density at radius 3 is 2.92 bits per heavy atom. The first-order valence-electron chi connectivity index (χ1n) is 8.60. The van der Waals surface area contributed by atoms with Gasteiger partial charge in [-0.2, -0.15) is 0 Å². The summed E-state index contributed by atoms with van der Waals surface area (Å²) in [6.07, 6.45) is 4.69. The molecule has 2 amide bonds. The lowest BCUT2D eigenvalue weighted by molar-refractivity contribution is -0.134. The summed E-state index contributed by atoms with van der Waals surface area (Å²) >= 11 is 0. The van der Waals surface area contributed by atoms with Crippen LogP contribution in [0, 0.1) is 0 Å². The van der Waals surface area contributed by atoms with Crippen LogP contribution in [-0.4, -0.2) is 36.9 Å². The number of furan rings is 1. The van der Waals surface area contributed by atoms with E-state index in [2.05, 4.69) is 36.3 Å². The van der Waals surface area contributed by atoms with Crippen molar-refractivity contribution in [2.24, 2.45) is 0 Å². The quantitative estimate of drug-likeness (QED) is 0.828. The average Bonchev–Trinajstić information content (AvgIpc) is 2.98. The Morgan fingerprint density at radius 1 is 1.33 bits per heavy atom. The zero-order chi connectivity index (χ0) is 17.1. The fourth-order valence-corrected chi connectivity index (χ4v) is 3.22. The highest BCUT2D eigenvalue weighted by Gasteiger charge is 2.30. The van der Waals surface area contributed by atoms with E-state index in [9.17, 15) is 9.59 Å². The van der Waals surface area contributed by atoms with E-state index < -0.39 is 0 Å². The van der Waals surface area contributed by atoms with Crippen molar-refractivity contribution in [3.63, 3.8) is 0 Å². The molecular formula is C19H24N2O3. The molecular weight excluding hydrogens is 304 g/mol. The molecule has 1 aromatic heterocycles. The predicted octanol–water partition coefficient (Wildman–Crippen LogP) is 2.84. The number of hydrogen-bond acceptors (Lipinski definition) is 4. The van der Waals surface area contributed by atoms with E-state index >= 15 is 0 Å². The third kappa shape index (κ3) is 3.51. The molecule has 2 aromatic rings. The highest BCUT2D eigenvalue weighted by atomic mass is 16.3. The van der Waals surface area contributed by atoms with Gasteiger partial charge in [0.05, 0.1) is 12.2 Å². The molecule has 1 unspecified atom stereocenters.